The van der Waals surface area contributed by atoms with E-state index in [0.29, 0.717) is 26.8 Å². The molecular weight excluding hydrogens is 467 g/mol. The summed E-state index contributed by atoms with van der Waals surface area (Å²) >= 11 is 7.41. The first kappa shape index (κ1) is 21.4. The molecule has 0 saturated heterocycles. The van der Waals surface area contributed by atoms with Gasteiger partial charge in [0.25, 0.3) is 5.91 Å². The van der Waals surface area contributed by atoms with Gasteiger partial charge in [0.1, 0.15) is 28.9 Å². The molecule has 6 nitrogen and oxygen atoms in total. The van der Waals surface area contributed by atoms with E-state index in [9.17, 15) is 19.1 Å². The van der Waals surface area contributed by atoms with Gasteiger partial charge in [0.2, 0.25) is 0 Å². The van der Waals surface area contributed by atoms with E-state index in [0.717, 1.165) is 16.2 Å². The van der Waals surface area contributed by atoms with Crippen LogP contribution in [0, 0.1) is 19.7 Å². The molecule has 4 aromatic rings. The summed E-state index contributed by atoms with van der Waals surface area (Å²) in [6.07, 6.45) is 0. The quantitative estimate of drug-likeness (QED) is 0.356. The molecule has 3 heterocycles. The predicted molar refractivity (Wildman–Crippen MR) is 123 cm³/mol. The molecule has 9 heteroatoms. The molecule has 1 N–H and O–H groups in total. The smallest absolute Gasteiger partial charge is 0.296 e. The Balaban J connectivity index is 1.72. The normalized spacial score (nSPS) is 16.3. The molecule has 1 amide bonds. The summed E-state index contributed by atoms with van der Waals surface area (Å²) in [7, 11) is 0. The van der Waals surface area contributed by atoms with Crippen molar-refractivity contribution < 1.29 is 23.5 Å². The second kappa shape index (κ2) is 7.83. The number of para-hydroxylation sites is 1. The van der Waals surface area contributed by atoms with Crippen LogP contribution in [0.1, 0.15) is 33.5 Å². The van der Waals surface area contributed by atoms with Crippen molar-refractivity contribution in [2.24, 2.45) is 0 Å². The average molecular weight is 483 g/mol. The number of aryl methyl sites for hydroxylation is 2. The summed E-state index contributed by atoms with van der Waals surface area (Å²) in [5.41, 5.74) is 0.484. The number of ketones is 1. The number of thiazole rings is 1. The average Bonchev–Trinajstić information content (AvgIpc) is 3.43. The fourth-order valence-corrected chi connectivity index (χ4v) is 5.33. The number of amides is 1. The van der Waals surface area contributed by atoms with Gasteiger partial charge < -0.3 is 9.52 Å². The highest BCUT2D eigenvalue weighted by atomic mass is 35.5. The number of anilines is 1. The first-order valence-corrected chi connectivity index (χ1v) is 11.1. The molecule has 0 aliphatic carbocycles. The van der Waals surface area contributed by atoms with Gasteiger partial charge in [-0.1, -0.05) is 47.2 Å². The third-order valence-corrected chi connectivity index (χ3v) is 6.83. The van der Waals surface area contributed by atoms with Gasteiger partial charge in [-0.25, -0.2) is 9.37 Å². The molecule has 166 valence electrons. The van der Waals surface area contributed by atoms with E-state index >= 15 is 0 Å². The van der Waals surface area contributed by atoms with Crippen LogP contribution in [0.4, 0.5) is 9.52 Å². The maximum absolute atomic E-state index is 15.0. The van der Waals surface area contributed by atoms with Crippen molar-refractivity contribution in [1.29, 1.82) is 0 Å². The van der Waals surface area contributed by atoms with Gasteiger partial charge in [0.15, 0.2) is 16.7 Å². The van der Waals surface area contributed by atoms with Crippen LogP contribution in [-0.4, -0.2) is 21.8 Å². The number of benzene rings is 2. The van der Waals surface area contributed by atoms with Crippen LogP contribution in [0.2, 0.25) is 5.02 Å². The van der Waals surface area contributed by atoms with Gasteiger partial charge in [-0.2, -0.15) is 0 Å². The number of aliphatic hydroxyl groups is 1. The van der Waals surface area contributed by atoms with Gasteiger partial charge in [0.05, 0.1) is 20.9 Å². The lowest BCUT2D eigenvalue weighted by Crippen LogP contribution is -2.31. The number of hydrogen-bond acceptors (Lipinski definition) is 6. The molecule has 0 saturated carbocycles. The van der Waals surface area contributed by atoms with Crippen molar-refractivity contribution in [2.45, 2.75) is 19.9 Å². The molecule has 0 fully saturated rings. The highest BCUT2D eigenvalue weighted by molar-refractivity contribution is 7.22. The molecule has 1 aliphatic rings. The molecule has 0 spiro atoms. The standard InChI is InChI=1S/C24H16ClFN2O4S/c1-11-10-14(12(2)32-11)21(29)18-20(13-6-3-4-8-16(13)26)28(23(31)22(18)30)24-27-19-15(25)7-5-9-17(19)33-24/h3-10,20,30H,1-2H3. The molecule has 1 aliphatic heterocycles. The Hall–Kier alpha value is -3.49. The molecule has 0 radical (unpaired) electrons. The highest BCUT2D eigenvalue weighted by Crippen LogP contribution is 2.45. The number of Topliss-reactive ketones (excluding diaryl/α,β-unsaturated/α-hetero) is 1. The molecule has 0 bridgehead atoms. The maximum Gasteiger partial charge on any atom is 0.296 e. The minimum absolute atomic E-state index is 0.0569. The monoisotopic (exact) mass is 482 g/mol. The third-order valence-electron chi connectivity index (χ3n) is 5.50. The van der Waals surface area contributed by atoms with Crippen LogP contribution >= 0.6 is 22.9 Å². The van der Waals surface area contributed by atoms with Gasteiger partial charge in [0, 0.05) is 5.56 Å². The molecular formula is C24H16ClFN2O4S. The Morgan fingerprint density at radius 1 is 1.21 bits per heavy atom. The number of carbonyl (C=O) groups excluding carboxylic acids is 2. The minimum atomic E-state index is -1.22. The summed E-state index contributed by atoms with van der Waals surface area (Å²) in [6.45, 7) is 3.30. The number of fused-ring (bicyclic) bond motifs is 1. The van der Waals surface area contributed by atoms with Crippen LogP contribution in [0.5, 0.6) is 0 Å². The van der Waals surface area contributed by atoms with E-state index in [1.807, 2.05) is 0 Å². The molecule has 2 aromatic heterocycles. The molecule has 1 unspecified atom stereocenters. The molecule has 1 atom stereocenters. The van der Waals surface area contributed by atoms with Gasteiger partial charge in [-0.05, 0) is 38.1 Å². The lowest BCUT2D eigenvalue weighted by Gasteiger charge is -2.24. The van der Waals surface area contributed by atoms with E-state index in [1.165, 1.54) is 24.3 Å². The minimum Gasteiger partial charge on any atom is -0.503 e. The van der Waals surface area contributed by atoms with E-state index in [2.05, 4.69) is 4.98 Å². The fraction of sp³-hybridized carbons (Fsp3) is 0.125. The van der Waals surface area contributed by atoms with Crippen LogP contribution in [0.3, 0.4) is 0 Å². The van der Waals surface area contributed by atoms with Crippen molar-refractivity contribution in [3.8, 4) is 0 Å². The van der Waals surface area contributed by atoms with E-state index < -0.39 is 29.3 Å². The SMILES string of the molecule is Cc1cc(C(=O)C2=C(O)C(=O)N(c3nc4c(Cl)cccc4s3)C2c2ccccc2F)c(C)o1. The lowest BCUT2D eigenvalue weighted by atomic mass is 9.92. The molecule has 5 rings (SSSR count). The van der Waals surface area contributed by atoms with E-state index in [1.54, 1.807) is 38.1 Å². The first-order chi connectivity index (χ1) is 15.8. The number of aromatic nitrogens is 1. The number of nitrogens with zero attached hydrogens (tertiary/aromatic N) is 2. The Bertz CT molecular complexity index is 1490. The zero-order valence-electron chi connectivity index (χ0n) is 17.4. The number of hydrogen-bond donors (Lipinski definition) is 1. The summed E-state index contributed by atoms with van der Waals surface area (Å²) in [6, 6.07) is 11.3. The Labute approximate surface area is 196 Å². The number of aliphatic hydroxyl groups excluding tert-OH is 1. The molecule has 33 heavy (non-hydrogen) atoms. The topological polar surface area (TPSA) is 83.6 Å². The Morgan fingerprint density at radius 3 is 2.64 bits per heavy atom. The second-order valence-corrected chi connectivity index (χ2v) is 9.02. The van der Waals surface area contributed by atoms with Crippen LogP contribution in [-0.2, 0) is 4.79 Å². The maximum atomic E-state index is 15.0. The van der Waals surface area contributed by atoms with Crippen LogP contribution < -0.4 is 4.90 Å². The predicted octanol–water partition coefficient (Wildman–Crippen LogP) is 6.08. The number of carbonyl (C=O) groups is 2. The summed E-state index contributed by atoms with van der Waals surface area (Å²) in [5.74, 6) is -2.01. The van der Waals surface area contributed by atoms with Gasteiger partial charge >= 0.3 is 0 Å². The highest BCUT2D eigenvalue weighted by Gasteiger charge is 2.47. The fourth-order valence-electron chi connectivity index (χ4n) is 4.03. The van der Waals surface area contributed by atoms with Crippen molar-refractivity contribution in [3.05, 3.63) is 93.4 Å². The Morgan fingerprint density at radius 2 is 1.97 bits per heavy atom. The van der Waals surface area contributed by atoms with Gasteiger partial charge in [-0.3, -0.25) is 14.5 Å². The number of halogens is 2. The van der Waals surface area contributed by atoms with Crippen molar-refractivity contribution >= 4 is 50.0 Å². The lowest BCUT2D eigenvalue weighted by molar-refractivity contribution is -0.117. The zero-order valence-corrected chi connectivity index (χ0v) is 19.0. The largest absolute Gasteiger partial charge is 0.503 e. The van der Waals surface area contributed by atoms with Crippen molar-refractivity contribution in [3.63, 3.8) is 0 Å². The van der Waals surface area contributed by atoms with E-state index in [-0.39, 0.29) is 21.8 Å². The van der Waals surface area contributed by atoms with E-state index in [4.69, 9.17) is 16.0 Å². The van der Waals surface area contributed by atoms with Crippen molar-refractivity contribution in [1.82, 2.24) is 4.98 Å². The summed E-state index contributed by atoms with van der Waals surface area (Å²) < 4.78 is 21.1. The van der Waals surface area contributed by atoms with Crippen LogP contribution in [0.15, 0.2) is 64.3 Å². The number of furan rings is 1. The summed E-state index contributed by atoms with van der Waals surface area (Å²) in [5, 5.41) is 11.4. The number of rotatable bonds is 4. The zero-order chi connectivity index (χ0) is 23.4. The third kappa shape index (κ3) is 3.34. The summed E-state index contributed by atoms with van der Waals surface area (Å²) in [4.78, 5) is 32.4. The van der Waals surface area contributed by atoms with Crippen molar-refractivity contribution in [2.75, 3.05) is 4.90 Å². The molecule has 2 aromatic carbocycles. The second-order valence-electron chi connectivity index (χ2n) is 7.60. The van der Waals surface area contributed by atoms with Gasteiger partial charge in [-0.15, -0.1) is 0 Å². The van der Waals surface area contributed by atoms with Crippen LogP contribution in [0.25, 0.3) is 10.2 Å². The first-order valence-electron chi connectivity index (χ1n) is 9.96. The Kier molecular flexibility index (Phi) is 5.07.